The number of amides is 9. The quantitative estimate of drug-likeness (QED) is 0.0170. The Labute approximate surface area is 524 Å². The Hall–Kier alpha value is -8.85. The number of carboxylic acid groups (broad SMARTS) is 1. The van der Waals surface area contributed by atoms with Gasteiger partial charge in [-0.15, -0.1) is 0 Å². The van der Waals surface area contributed by atoms with Crippen molar-refractivity contribution in [3.05, 3.63) is 148 Å². The lowest BCUT2D eigenvalue weighted by Gasteiger charge is -2.40. The Balaban J connectivity index is 1.36. The number of carbonyl (C=O) groups is 9. The number of hydrogen-bond donors (Lipinski definition) is 9. The van der Waals surface area contributed by atoms with Crippen molar-refractivity contribution in [3.8, 4) is 0 Å². The maximum absolute atomic E-state index is 14.2. The number of benzene rings is 4. The maximum atomic E-state index is 14.2. The molecular weight excluding hydrogens is 1130 g/mol. The van der Waals surface area contributed by atoms with Crippen LogP contribution >= 0.6 is 0 Å². The number of carboxylic acids is 1. The third-order valence-electron chi connectivity index (χ3n) is 15.8. The SMILES string of the molecule is C=Cc1ccccc1CN(C(=O)CCC(=O)N[C@H](C(=O)N[C@@H](CCCNC(N)=O)C(=O)Nc1ccc(COC(=O)NCc2ccc(C(C)(C)[C@H](NC)C(=O)N[C@H](C(=O)N(C)[C@H](/C=C(\C)C(=O)O)C(C)C)C(C)(C)C)cc2C)cc1)C(C)C)c1ccccc1C. The number of nitrogens with two attached hydrogens (primary N) is 1. The number of likely N-dealkylation sites (N-methyl/N-ethyl adjacent to an activating group) is 2. The van der Waals surface area contributed by atoms with Crippen LogP contribution in [-0.4, -0.2) is 114 Å². The second-order valence-corrected chi connectivity index (χ2v) is 24.8. The predicted molar refractivity (Wildman–Crippen MR) is 347 cm³/mol. The Bertz CT molecular complexity index is 3190. The van der Waals surface area contributed by atoms with Gasteiger partial charge in [0.05, 0.1) is 18.6 Å². The highest BCUT2D eigenvalue weighted by Crippen LogP contribution is 2.31. The summed E-state index contributed by atoms with van der Waals surface area (Å²) in [5, 5.41) is 29.4. The smallest absolute Gasteiger partial charge is 0.407 e. The van der Waals surface area contributed by atoms with E-state index >= 15 is 0 Å². The van der Waals surface area contributed by atoms with Gasteiger partial charge in [0.2, 0.25) is 35.4 Å². The van der Waals surface area contributed by atoms with E-state index in [-0.39, 0.29) is 75.2 Å². The van der Waals surface area contributed by atoms with Crippen molar-refractivity contribution >= 4 is 71.0 Å². The minimum Gasteiger partial charge on any atom is -0.478 e. The van der Waals surface area contributed by atoms with Crippen LogP contribution in [0.4, 0.5) is 21.0 Å². The van der Waals surface area contributed by atoms with Crippen LogP contribution in [0.5, 0.6) is 0 Å². The van der Waals surface area contributed by atoms with Crippen LogP contribution in [0.1, 0.15) is 134 Å². The fraction of sp³-hybridized carbons (Fsp3) is 0.456. The lowest BCUT2D eigenvalue weighted by molar-refractivity contribution is -0.141. The first-order valence-corrected chi connectivity index (χ1v) is 30.1. The van der Waals surface area contributed by atoms with Gasteiger partial charge in [-0.1, -0.05) is 154 Å². The molecule has 0 heterocycles. The standard InChI is InChI=1S/C68H94N10O11/c1-16-47-23-18-19-24-49(47)39-78(53-26-20-17-22-43(53)6)56(80)34-33-55(79)75-57(42(4)5)61(82)74-52(25-21-35-71-65(69)87)60(81)73-51-31-27-46(28-32-51)40-89-66(88)72-38-48-29-30-50(36-44(48)7)68(12,13)58(70-14)62(83)76-59(67(9,10)11)63(84)77(15)54(41(2)3)37-45(8)64(85)86/h16-20,22-24,26-32,36-37,41-42,52,54,57-59,70H,1,21,25,33-35,38-40H2,2-15H3,(H,72,88)(H,73,81)(H,74,82)(H,75,79)(H,76,83)(H,85,86)(H3,69,71,87)/b45-37+/t52-,54+,57-,58+,59+/m0/s1. The molecule has 4 rings (SSSR count). The van der Waals surface area contributed by atoms with Crippen molar-refractivity contribution in [3.63, 3.8) is 0 Å². The number of anilines is 2. The minimum atomic E-state index is -1.11. The van der Waals surface area contributed by atoms with Gasteiger partial charge in [0, 0.05) is 55.3 Å². The van der Waals surface area contributed by atoms with Crippen LogP contribution in [0.15, 0.2) is 109 Å². The first-order chi connectivity index (χ1) is 41.8. The topological polar surface area (TPSA) is 300 Å². The number of nitrogens with zero attached hydrogens (tertiary/aromatic N) is 2. The predicted octanol–water partition coefficient (Wildman–Crippen LogP) is 8.31. The van der Waals surface area contributed by atoms with Crippen molar-refractivity contribution < 1.29 is 53.0 Å². The second kappa shape index (κ2) is 33.5. The molecule has 0 saturated carbocycles. The number of aryl methyl sites for hydroxylation is 2. The number of rotatable bonds is 31. The summed E-state index contributed by atoms with van der Waals surface area (Å²) in [6, 6.07) is 22.2. The van der Waals surface area contributed by atoms with Gasteiger partial charge in [0.25, 0.3) is 0 Å². The zero-order valence-electron chi connectivity index (χ0n) is 54.2. The van der Waals surface area contributed by atoms with Crippen molar-refractivity contribution in [2.45, 2.75) is 164 Å². The minimum absolute atomic E-state index is 0.0902. The number of primary amides is 1. The van der Waals surface area contributed by atoms with Gasteiger partial charge in [0.1, 0.15) is 24.7 Å². The Kier molecular flexibility index (Phi) is 27.3. The summed E-state index contributed by atoms with van der Waals surface area (Å²) in [5.74, 6) is -4.37. The van der Waals surface area contributed by atoms with E-state index in [1.165, 1.54) is 11.8 Å². The van der Waals surface area contributed by atoms with Crippen LogP contribution in [0, 0.1) is 31.1 Å². The molecule has 10 N–H and O–H groups in total. The number of hydrogen-bond acceptors (Lipinski definition) is 11. The number of aliphatic carboxylic acids is 1. The van der Waals surface area contributed by atoms with Gasteiger partial charge in [-0.3, -0.25) is 28.8 Å². The summed E-state index contributed by atoms with van der Waals surface area (Å²) < 4.78 is 5.53. The molecule has 89 heavy (non-hydrogen) atoms. The lowest BCUT2D eigenvalue weighted by Crippen LogP contribution is -2.61. The number of carbonyl (C=O) groups excluding carboxylic acids is 8. The van der Waals surface area contributed by atoms with E-state index < -0.39 is 88.7 Å². The highest BCUT2D eigenvalue weighted by molar-refractivity contribution is 5.99. The molecule has 0 saturated heterocycles. The highest BCUT2D eigenvalue weighted by Gasteiger charge is 2.42. The van der Waals surface area contributed by atoms with E-state index in [4.69, 9.17) is 10.5 Å². The summed E-state index contributed by atoms with van der Waals surface area (Å²) in [6.45, 7) is 26.3. The highest BCUT2D eigenvalue weighted by atomic mass is 16.5. The molecule has 0 fully saturated rings. The molecule has 9 amide bonds. The molecule has 4 aromatic rings. The summed E-state index contributed by atoms with van der Waals surface area (Å²) in [6.07, 6.45) is 2.60. The Morgan fingerprint density at radius 2 is 1.39 bits per heavy atom. The van der Waals surface area contributed by atoms with Crippen molar-refractivity contribution in [1.82, 2.24) is 36.8 Å². The molecule has 0 spiro atoms. The molecule has 0 aliphatic heterocycles. The van der Waals surface area contributed by atoms with Crippen molar-refractivity contribution in [2.24, 2.45) is 23.0 Å². The number of alkyl carbamates (subject to hydrolysis) is 1. The van der Waals surface area contributed by atoms with Crippen LogP contribution in [0.3, 0.4) is 0 Å². The molecule has 0 unspecified atom stereocenters. The molecule has 0 radical (unpaired) electrons. The number of para-hydroxylation sites is 1. The number of nitrogens with one attached hydrogen (secondary N) is 7. The summed E-state index contributed by atoms with van der Waals surface area (Å²) in [7, 11) is 3.30. The zero-order chi connectivity index (χ0) is 66.5. The average molecular weight is 1230 g/mol. The Morgan fingerprint density at radius 1 is 0.742 bits per heavy atom. The first kappa shape index (κ1) is 72.6. The molecule has 21 heteroatoms. The van der Waals surface area contributed by atoms with Gasteiger partial charge in [-0.2, -0.15) is 0 Å². The second-order valence-electron chi connectivity index (χ2n) is 24.8. The zero-order valence-corrected chi connectivity index (χ0v) is 54.2. The van der Waals surface area contributed by atoms with Gasteiger partial charge >= 0.3 is 18.1 Å². The van der Waals surface area contributed by atoms with Gasteiger partial charge < -0.3 is 62.6 Å². The average Bonchev–Trinajstić information content (AvgIpc) is 3.27. The molecule has 4 aromatic carbocycles. The molecule has 482 valence electrons. The molecule has 0 aromatic heterocycles. The normalized spacial score (nSPS) is 13.4. The third kappa shape index (κ3) is 21.5. The van der Waals surface area contributed by atoms with Gasteiger partial charge in [-0.05, 0) is 115 Å². The summed E-state index contributed by atoms with van der Waals surface area (Å²) in [5.41, 5.74) is 10.7. The number of urea groups is 1. The molecule has 5 atom stereocenters. The monoisotopic (exact) mass is 1230 g/mol. The van der Waals surface area contributed by atoms with Crippen LogP contribution < -0.4 is 47.9 Å². The van der Waals surface area contributed by atoms with Gasteiger partial charge in [0.15, 0.2) is 0 Å². The molecule has 0 aliphatic carbocycles. The molecular formula is C68H94N10O11. The van der Waals surface area contributed by atoms with Crippen LogP contribution in [-0.2, 0) is 63.4 Å². The third-order valence-corrected chi connectivity index (χ3v) is 15.8. The van der Waals surface area contributed by atoms with E-state index in [1.807, 2.05) is 129 Å². The lowest BCUT2D eigenvalue weighted by atomic mass is 9.76. The van der Waals surface area contributed by atoms with E-state index in [0.717, 1.165) is 33.4 Å². The number of ether oxygens (including phenoxy) is 1. The molecule has 21 nitrogen and oxygen atoms in total. The van der Waals surface area contributed by atoms with E-state index in [1.54, 1.807) is 69.3 Å². The van der Waals surface area contributed by atoms with Crippen molar-refractivity contribution in [1.29, 1.82) is 0 Å². The molecule has 0 aliphatic rings. The Morgan fingerprint density at radius 3 is 1.98 bits per heavy atom. The van der Waals surface area contributed by atoms with Gasteiger partial charge in [-0.25, -0.2) is 14.4 Å². The maximum Gasteiger partial charge on any atom is 0.407 e. The fourth-order valence-electron chi connectivity index (χ4n) is 10.3. The van der Waals surface area contributed by atoms with Crippen LogP contribution in [0.2, 0.25) is 0 Å². The van der Waals surface area contributed by atoms with Crippen molar-refractivity contribution in [2.75, 3.05) is 30.9 Å². The summed E-state index contributed by atoms with van der Waals surface area (Å²) >= 11 is 0. The fourth-order valence-corrected chi connectivity index (χ4v) is 10.3. The summed E-state index contributed by atoms with van der Waals surface area (Å²) in [4.78, 5) is 123. The van der Waals surface area contributed by atoms with E-state index in [0.29, 0.717) is 16.9 Å². The van der Waals surface area contributed by atoms with E-state index in [2.05, 4.69) is 43.8 Å². The first-order valence-electron chi connectivity index (χ1n) is 30.1. The van der Waals surface area contributed by atoms with Crippen LogP contribution in [0.25, 0.3) is 6.08 Å². The molecule has 0 bridgehead atoms. The largest absolute Gasteiger partial charge is 0.478 e. The van der Waals surface area contributed by atoms with E-state index in [9.17, 15) is 48.3 Å².